The van der Waals surface area contributed by atoms with Crippen molar-refractivity contribution in [2.75, 3.05) is 5.73 Å². The first kappa shape index (κ1) is 13.6. The Morgan fingerprint density at radius 2 is 2.00 bits per heavy atom. The van der Waals surface area contributed by atoms with E-state index in [1.807, 2.05) is 25.1 Å². The fourth-order valence-electron chi connectivity index (χ4n) is 2.69. The smallest absolute Gasteiger partial charge is 0.141 e. The van der Waals surface area contributed by atoms with Gasteiger partial charge in [0, 0.05) is 17.8 Å². The number of nitrogens with two attached hydrogens (primary N) is 1. The Morgan fingerprint density at radius 1 is 1.19 bits per heavy atom. The van der Waals surface area contributed by atoms with Crippen LogP contribution in [0.25, 0.3) is 22.4 Å². The Balaban J connectivity index is 2.28. The summed E-state index contributed by atoms with van der Waals surface area (Å²) in [5, 5.41) is 0. The van der Waals surface area contributed by atoms with Crippen LogP contribution in [-0.4, -0.2) is 9.55 Å². The Hall–Kier alpha value is -2.36. The number of anilines is 1. The summed E-state index contributed by atoms with van der Waals surface area (Å²) in [5.41, 5.74) is 10.3. The lowest BCUT2D eigenvalue weighted by molar-refractivity contribution is 0.627. The second kappa shape index (κ2) is 5.20. The van der Waals surface area contributed by atoms with E-state index in [-0.39, 0.29) is 5.82 Å². The van der Waals surface area contributed by atoms with Crippen LogP contribution in [0.2, 0.25) is 0 Å². The van der Waals surface area contributed by atoms with Crippen LogP contribution < -0.4 is 5.73 Å². The van der Waals surface area contributed by atoms with Crippen molar-refractivity contribution in [1.82, 2.24) is 9.55 Å². The van der Waals surface area contributed by atoms with E-state index in [2.05, 4.69) is 16.5 Å². The van der Waals surface area contributed by atoms with Crippen molar-refractivity contribution in [1.29, 1.82) is 0 Å². The zero-order valence-electron chi connectivity index (χ0n) is 12.2. The minimum Gasteiger partial charge on any atom is -0.399 e. The predicted octanol–water partition coefficient (Wildman–Crippen LogP) is 4.14. The van der Waals surface area contributed by atoms with Crippen LogP contribution in [0.4, 0.5) is 10.1 Å². The second-order valence-corrected chi connectivity index (χ2v) is 5.29. The van der Waals surface area contributed by atoms with Crippen LogP contribution in [-0.2, 0) is 6.54 Å². The molecule has 4 heteroatoms. The lowest BCUT2D eigenvalue weighted by Gasteiger charge is -2.10. The number of benzene rings is 2. The van der Waals surface area contributed by atoms with Crippen molar-refractivity contribution < 1.29 is 4.39 Å². The zero-order valence-corrected chi connectivity index (χ0v) is 12.2. The average molecular weight is 283 g/mol. The van der Waals surface area contributed by atoms with Crippen LogP contribution in [0.15, 0.2) is 36.4 Å². The molecule has 0 amide bonds. The molecule has 0 aliphatic rings. The van der Waals surface area contributed by atoms with E-state index in [9.17, 15) is 4.39 Å². The number of nitrogens with zero attached hydrogens (tertiary/aromatic N) is 2. The lowest BCUT2D eigenvalue weighted by atomic mass is 10.1. The Labute approximate surface area is 123 Å². The zero-order chi connectivity index (χ0) is 15.0. The van der Waals surface area contributed by atoms with Gasteiger partial charge in [0.1, 0.15) is 11.6 Å². The molecule has 0 radical (unpaired) electrons. The molecule has 0 spiro atoms. The molecule has 0 atom stereocenters. The van der Waals surface area contributed by atoms with E-state index in [1.165, 1.54) is 6.07 Å². The summed E-state index contributed by atoms with van der Waals surface area (Å²) in [6.07, 6.45) is 0.961. The third-order valence-corrected chi connectivity index (χ3v) is 3.65. The second-order valence-electron chi connectivity index (χ2n) is 5.29. The van der Waals surface area contributed by atoms with Crippen molar-refractivity contribution in [2.45, 2.75) is 26.8 Å². The van der Waals surface area contributed by atoms with E-state index < -0.39 is 0 Å². The third kappa shape index (κ3) is 2.37. The molecular weight excluding hydrogens is 265 g/mol. The van der Waals surface area contributed by atoms with Gasteiger partial charge in [-0.15, -0.1) is 0 Å². The van der Waals surface area contributed by atoms with Crippen molar-refractivity contribution >= 4 is 16.7 Å². The van der Waals surface area contributed by atoms with Crippen LogP contribution in [0, 0.1) is 12.7 Å². The number of imidazole rings is 1. The molecule has 3 rings (SSSR count). The molecule has 0 aliphatic carbocycles. The predicted molar refractivity (Wildman–Crippen MR) is 84.6 cm³/mol. The first-order valence-corrected chi connectivity index (χ1v) is 7.12. The van der Waals surface area contributed by atoms with E-state index in [0.29, 0.717) is 0 Å². The quantitative estimate of drug-likeness (QED) is 0.734. The van der Waals surface area contributed by atoms with Gasteiger partial charge in [-0.1, -0.05) is 6.92 Å². The van der Waals surface area contributed by atoms with E-state index in [4.69, 9.17) is 5.73 Å². The first-order valence-electron chi connectivity index (χ1n) is 7.12. The van der Waals surface area contributed by atoms with Gasteiger partial charge < -0.3 is 10.3 Å². The van der Waals surface area contributed by atoms with Crippen LogP contribution in [0.5, 0.6) is 0 Å². The average Bonchev–Trinajstić information content (AvgIpc) is 2.78. The van der Waals surface area contributed by atoms with E-state index in [1.54, 1.807) is 12.1 Å². The molecule has 0 unspecified atom stereocenters. The molecule has 2 N–H and O–H groups in total. The number of rotatable bonds is 3. The van der Waals surface area contributed by atoms with Gasteiger partial charge in [0.05, 0.1) is 11.0 Å². The number of fused-ring (bicyclic) bond motifs is 1. The van der Waals surface area contributed by atoms with Gasteiger partial charge in [-0.25, -0.2) is 9.37 Å². The molecule has 1 heterocycles. The summed E-state index contributed by atoms with van der Waals surface area (Å²) in [7, 11) is 0. The van der Waals surface area contributed by atoms with Gasteiger partial charge in [-0.3, -0.25) is 0 Å². The van der Waals surface area contributed by atoms with Crippen molar-refractivity contribution in [3.8, 4) is 11.4 Å². The summed E-state index contributed by atoms with van der Waals surface area (Å²) in [6, 6.07) is 10.5. The van der Waals surface area contributed by atoms with Crippen molar-refractivity contribution in [2.24, 2.45) is 0 Å². The Kier molecular flexibility index (Phi) is 3.37. The summed E-state index contributed by atoms with van der Waals surface area (Å²) in [6.45, 7) is 4.92. The molecular formula is C17H18FN3. The van der Waals surface area contributed by atoms with Gasteiger partial charge >= 0.3 is 0 Å². The number of hydrogen-bond donors (Lipinski definition) is 1. The van der Waals surface area contributed by atoms with Gasteiger partial charge in [0.15, 0.2) is 0 Å². The minimum atomic E-state index is -0.236. The van der Waals surface area contributed by atoms with Gasteiger partial charge in [0.25, 0.3) is 0 Å². The Morgan fingerprint density at radius 3 is 2.71 bits per heavy atom. The summed E-state index contributed by atoms with van der Waals surface area (Å²) in [5.74, 6) is 0.635. The van der Waals surface area contributed by atoms with Gasteiger partial charge in [-0.05, 0) is 55.3 Å². The fourth-order valence-corrected chi connectivity index (χ4v) is 2.69. The number of aromatic nitrogens is 2. The third-order valence-electron chi connectivity index (χ3n) is 3.65. The Bertz CT molecular complexity index is 805. The highest BCUT2D eigenvalue weighted by molar-refractivity contribution is 5.81. The number of nitrogen functional groups attached to an aromatic ring is 1. The van der Waals surface area contributed by atoms with Crippen LogP contribution in [0.1, 0.15) is 18.9 Å². The molecule has 21 heavy (non-hydrogen) atoms. The molecule has 3 nitrogen and oxygen atoms in total. The summed E-state index contributed by atoms with van der Waals surface area (Å²) < 4.78 is 15.6. The van der Waals surface area contributed by atoms with Crippen LogP contribution in [0.3, 0.4) is 0 Å². The lowest BCUT2D eigenvalue weighted by Crippen LogP contribution is -2.01. The number of halogens is 1. The molecule has 108 valence electrons. The van der Waals surface area contributed by atoms with Gasteiger partial charge in [0.2, 0.25) is 0 Å². The maximum atomic E-state index is 13.5. The highest BCUT2D eigenvalue weighted by Crippen LogP contribution is 2.29. The maximum Gasteiger partial charge on any atom is 0.141 e. The van der Waals surface area contributed by atoms with E-state index >= 15 is 0 Å². The topological polar surface area (TPSA) is 43.8 Å². The largest absolute Gasteiger partial charge is 0.399 e. The monoisotopic (exact) mass is 283 g/mol. The summed E-state index contributed by atoms with van der Waals surface area (Å²) >= 11 is 0. The normalized spacial score (nSPS) is 11.2. The fraction of sp³-hybridized carbons (Fsp3) is 0.235. The van der Waals surface area contributed by atoms with Crippen molar-refractivity contribution in [3.05, 3.63) is 47.8 Å². The highest BCUT2D eigenvalue weighted by Gasteiger charge is 2.14. The van der Waals surface area contributed by atoms with E-state index in [0.717, 1.165) is 46.6 Å². The van der Waals surface area contributed by atoms with Crippen LogP contribution >= 0.6 is 0 Å². The molecule has 0 fully saturated rings. The maximum absolute atomic E-state index is 13.5. The molecule has 0 saturated heterocycles. The number of aryl methyl sites for hydroxylation is 2. The molecule has 2 aromatic carbocycles. The molecule has 3 aromatic rings. The number of hydrogen-bond acceptors (Lipinski definition) is 2. The van der Waals surface area contributed by atoms with Crippen molar-refractivity contribution in [3.63, 3.8) is 0 Å². The summed E-state index contributed by atoms with van der Waals surface area (Å²) in [4.78, 5) is 4.69. The SMILES string of the molecule is CCCn1c(-c2ccc(N)cc2C)nc2ccc(F)cc21. The standard InChI is InChI=1S/C17H18FN3/c1-3-8-21-16-10-12(18)4-7-15(16)20-17(21)14-6-5-13(19)9-11(14)2/h4-7,9-10H,3,8,19H2,1-2H3. The molecule has 0 saturated carbocycles. The van der Waals surface area contributed by atoms with Gasteiger partial charge in [-0.2, -0.15) is 0 Å². The molecule has 0 bridgehead atoms. The first-order chi connectivity index (χ1) is 10.1. The minimum absolute atomic E-state index is 0.236. The highest BCUT2D eigenvalue weighted by atomic mass is 19.1. The molecule has 1 aromatic heterocycles. The molecule has 0 aliphatic heterocycles.